The van der Waals surface area contributed by atoms with Crippen LogP contribution in [0.25, 0.3) is 0 Å². The third kappa shape index (κ3) is 3.13. The number of sulfonamides is 1. The second kappa shape index (κ2) is 5.25. The average molecular weight is 280 g/mol. The first-order chi connectivity index (χ1) is 8.27. The largest absolute Gasteiger partial charge is 0.468 e. The van der Waals surface area contributed by atoms with Gasteiger partial charge in [-0.05, 0) is 19.1 Å². The number of nitrogens with one attached hydrogen (secondary N) is 1. The van der Waals surface area contributed by atoms with Gasteiger partial charge in [0.15, 0.2) is 5.25 Å². The molecule has 1 unspecified atom stereocenters. The number of esters is 1. The average Bonchev–Trinajstić information content (AvgIpc) is 2.30. The third-order valence-electron chi connectivity index (χ3n) is 2.07. The molecule has 1 N–H and O–H groups in total. The Kier molecular flexibility index (Phi) is 4.17. The number of pyridine rings is 1. The van der Waals surface area contributed by atoms with Crippen molar-refractivity contribution < 1.29 is 26.7 Å². The zero-order valence-corrected chi connectivity index (χ0v) is 10.3. The minimum atomic E-state index is -4.19. The molecule has 1 heterocycles. The van der Waals surface area contributed by atoms with Crippen molar-refractivity contribution in [2.45, 2.75) is 12.2 Å². The van der Waals surface area contributed by atoms with Crippen LogP contribution in [0.2, 0.25) is 0 Å². The maximum atomic E-state index is 13.1. The van der Waals surface area contributed by atoms with E-state index in [1.54, 1.807) is 4.72 Å². The van der Waals surface area contributed by atoms with Gasteiger partial charge in [-0.1, -0.05) is 0 Å². The summed E-state index contributed by atoms with van der Waals surface area (Å²) in [7, 11) is -3.16. The lowest BCUT2D eigenvalue weighted by atomic mass is 10.4. The summed E-state index contributed by atoms with van der Waals surface area (Å²) < 4.78 is 55.0. The molecule has 0 aromatic carbocycles. The van der Waals surface area contributed by atoms with Gasteiger partial charge in [-0.2, -0.15) is 13.8 Å². The predicted octanol–water partition coefficient (Wildman–Crippen LogP) is 0.663. The lowest BCUT2D eigenvalue weighted by Gasteiger charge is -2.12. The summed E-state index contributed by atoms with van der Waals surface area (Å²) in [5.74, 6) is -3.41. The van der Waals surface area contributed by atoms with E-state index in [9.17, 15) is 22.0 Å². The highest BCUT2D eigenvalue weighted by Crippen LogP contribution is 2.15. The fourth-order valence-electron chi connectivity index (χ4n) is 1.02. The molecule has 1 aromatic heterocycles. The summed E-state index contributed by atoms with van der Waals surface area (Å²) in [6.07, 6.45) is 0. The molecule has 0 aliphatic rings. The number of hydrogen-bond donors (Lipinski definition) is 1. The lowest BCUT2D eigenvalue weighted by Crippen LogP contribution is -2.33. The summed E-state index contributed by atoms with van der Waals surface area (Å²) in [5.41, 5.74) is -0.549. The van der Waals surface area contributed by atoms with Crippen LogP contribution in [0.15, 0.2) is 12.1 Å². The van der Waals surface area contributed by atoms with E-state index in [2.05, 4.69) is 9.72 Å². The fourth-order valence-corrected chi connectivity index (χ4v) is 2.01. The van der Waals surface area contributed by atoms with Crippen molar-refractivity contribution in [2.24, 2.45) is 0 Å². The van der Waals surface area contributed by atoms with E-state index in [-0.39, 0.29) is 0 Å². The molecule has 0 amide bonds. The van der Waals surface area contributed by atoms with Crippen molar-refractivity contribution in [2.75, 3.05) is 11.8 Å². The number of ether oxygens (including phenoxy) is 1. The van der Waals surface area contributed by atoms with Crippen LogP contribution in [-0.2, 0) is 19.6 Å². The van der Waals surface area contributed by atoms with Gasteiger partial charge in [-0.25, -0.2) is 8.42 Å². The molecular formula is C9H10F2N2O4S. The van der Waals surface area contributed by atoms with Crippen LogP contribution in [0, 0.1) is 11.9 Å². The van der Waals surface area contributed by atoms with E-state index in [4.69, 9.17) is 0 Å². The summed E-state index contributed by atoms with van der Waals surface area (Å²) in [6.45, 7) is 1.07. The molecule has 0 aliphatic carbocycles. The number of halogens is 2. The van der Waals surface area contributed by atoms with E-state index in [0.29, 0.717) is 0 Å². The van der Waals surface area contributed by atoms with Gasteiger partial charge in [0.25, 0.3) is 0 Å². The molecule has 0 fully saturated rings. The van der Waals surface area contributed by atoms with Crippen molar-refractivity contribution in [1.82, 2.24) is 4.98 Å². The number of rotatable bonds is 4. The smallest absolute Gasteiger partial charge is 0.325 e. The first kappa shape index (κ1) is 14.3. The maximum Gasteiger partial charge on any atom is 0.325 e. The third-order valence-corrected chi connectivity index (χ3v) is 3.69. The number of aromatic nitrogens is 1. The molecule has 1 atom stereocenters. The molecule has 0 bridgehead atoms. The predicted molar refractivity (Wildman–Crippen MR) is 58.2 cm³/mol. The highest BCUT2D eigenvalue weighted by atomic mass is 32.2. The Labute approximate surface area is 102 Å². The Hall–Kier alpha value is -1.77. The molecule has 0 spiro atoms. The van der Waals surface area contributed by atoms with Gasteiger partial charge in [0.2, 0.25) is 21.9 Å². The van der Waals surface area contributed by atoms with Gasteiger partial charge >= 0.3 is 5.97 Å². The fraction of sp³-hybridized carbons (Fsp3) is 0.333. The van der Waals surface area contributed by atoms with Crippen molar-refractivity contribution >= 4 is 21.7 Å². The van der Waals surface area contributed by atoms with E-state index in [1.807, 2.05) is 0 Å². The molecule has 0 radical (unpaired) electrons. The molecule has 100 valence electrons. The van der Waals surface area contributed by atoms with E-state index < -0.39 is 38.8 Å². The van der Waals surface area contributed by atoms with Crippen LogP contribution in [0.3, 0.4) is 0 Å². The Balaban J connectivity index is 2.99. The highest BCUT2D eigenvalue weighted by Gasteiger charge is 2.29. The van der Waals surface area contributed by atoms with E-state index in [0.717, 1.165) is 26.2 Å². The normalized spacial score (nSPS) is 12.9. The number of hydrogen-bond acceptors (Lipinski definition) is 5. The number of carbonyl (C=O) groups is 1. The number of carbonyl (C=O) groups excluding carboxylic acids is 1. The van der Waals surface area contributed by atoms with Crippen LogP contribution in [0.5, 0.6) is 0 Å². The minimum Gasteiger partial charge on any atom is -0.468 e. The molecule has 6 nitrogen and oxygen atoms in total. The molecule has 0 saturated heterocycles. The second-order valence-electron chi connectivity index (χ2n) is 3.28. The lowest BCUT2D eigenvalue weighted by molar-refractivity contribution is -0.139. The maximum absolute atomic E-state index is 13.1. The number of nitrogens with zero attached hydrogens (tertiary/aromatic N) is 1. The first-order valence-electron chi connectivity index (χ1n) is 4.69. The molecule has 0 saturated carbocycles. The van der Waals surface area contributed by atoms with Gasteiger partial charge in [-0.3, -0.25) is 9.52 Å². The number of methoxy groups -OCH3 is 1. The van der Waals surface area contributed by atoms with Crippen LogP contribution in [0.4, 0.5) is 14.5 Å². The van der Waals surface area contributed by atoms with Crippen molar-refractivity contribution in [3.05, 3.63) is 24.0 Å². The SMILES string of the molecule is COC(=O)C(C)S(=O)(=O)Nc1ccc(F)nc1F. The highest BCUT2D eigenvalue weighted by molar-refractivity contribution is 7.94. The zero-order valence-electron chi connectivity index (χ0n) is 9.48. The van der Waals surface area contributed by atoms with Crippen LogP contribution >= 0.6 is 0 Å². The Morgan fingerprint density at radius 1 is 1.44 bits per heavy atom. The van der Waals surface area contributed by atoms with Crippen LogP contribution in [0.1, 0.15) is 6.92 Å². The molecule has 0 aliphatic heterocycles. The summed E-state index contributed by atoms with van der Waals surface area (Å²) in [5, 5.41) is -1.54. The van der Waals surface area contributed by atoms with Gasteiger partial charge in [-0.15, -0.1) is 0 Å². The standard InChI is InChI=1S/C9H10F2N2O4S/c1-5(9(14)17-2)18(15,16)13-6-3-4-7(10)12-8(6)11/h3-5,13H,1-2H3. The molecule has 1 rings (SSSR count). The summed E-state index contributed by atoms with van der Waals surface area (Å²) in [4.78, 5) is 13.9. The molecule has 1 aromatic rings. The minimum absolute atomic E-state index is 0.549. The summed E-state index contributed by atoms with van der Waals surface area (Å²) >= 11 is 0. The summed E-state index contributed by atoms with van der Waals surface area (Å²) in [6, 6.07) is 1.64. The molecule has 18 heavy (non-hydrogen) atoms. The van der Waals surface area contributed by atoms with Crippen molar-refractivity contribution in [3.8, 4) is 0 Å². The van der Waals surface area contributed by atoms with Crippen molar-refractivity contribution in [1.29, 1.82) is 0 Å². The van der Waals surface area contributed by atoms with Gasteiger partial charge in [0.1, 0.15) is 5.69 Å². The van der Waals surface area contributed by atoms with Gasteiger partial charge < -0.3 is 4.74 Å². The van der Waals surface area contributed by atoms with Crippen molar-refractivity contribution in [3.63, 3.8) is 0 Å². The Bertz CT molecular complexity index is 562. The van der Waals surface area contributed by atoms with Gasteiger partial charge in [0.05, 0.1) is 7.11 Å². The van der Waals surface area contributed by atoms with E-state index >= 15 is 0 Å². The zero-order chi connectivity index (χ0) is 13.9. The number of anilines is 1. The van der Waals surface area contributed by atoms with E-state index in [1.165, 1.54) is 0 Å². The quantitative estimate of drug-likeness (QED) is 0.647. The monoisotopic (exact) mass is 280 g/mol. The Morgan fingerprint density at radius 3 is 2.56 bits per heavy atom. The van der Waals surface area contributed by atoms with Crippen LogP contribution in [-0.4, -0.2) is 31.7 Å². The second-order valence-corrected chi connectivity index (χ2v) is 5.29. The molecular weight excluding hydrogens is 270 g/mol. The Morgan fingerprint density at radius 2 is 2.06 bits per heavy atom. The van der Waals surface area contributed by atoms with Gasteiger partial charge in [0, 0.05) is 0 Å². The first-order valence-corrected chi connectivity index (χ1v) is 6.24. The topological polar surface area (TPSA) is 85.4 Å². The van der Waals surface area contributed by atoms with Crippen LogP contribution < -0.4 is 4.72 Å². The molecule has 9 heteroatoms.